The first-order chi connectivity index (χ1) is 9.66. The molecule has 1 unspecified atom stereocenters. The summed E-state index contributed by atoms with van der Waals surface area (Å²) in [5, 5.41) is 26.9. The quantitative estimate of drug-likeness (QED) is 0.306. The van der Waals surface area contributed by atoms with E-state index < -0.39 is 5.97 Å². The van der Waals surface area contributed by atoms with Crippen molar-refractivity contribution in [3.05, 3.63) is 0 Å². The van der Waals surface area contributed by atoms with Crippen LogP contribution in [0, 0.1) is 0 Å². The minimum Gasteiger partial charge on any atom is -1.00 e. The second-order valence-corrected chi connectivity index (χ2v) is 5.63. The van der Waals surface area contributed by atoms with Gasteiger partial charge in [0.1, 0.15) is 0 Å². The van der Waals surface area contributed by atoms with E-state index in [1.807, 2.05) is 0 Å². The molecule has 0 heterocycles. The molecule has 0 amide bonds. The predicted molar refractivity (Wildman–Crippen MR) is 81.9 cm³/mol. The summed E-state index contributed by atoms with van der Waals surface area (Å²) in [6.45, 7) is 0.310. The third kappa shape index (κ3) is 20.4. The van der Waals surface area contributed by atoms with Gasteiger partial charge < -0.3 is 16.7 Å². The Morgan fingerprint density at radius 1 is 0.810 bits per heavy atom. The predicted octanol–water partition coefficient (Wildman–Crippen LogP) is 0.612. The Balaban J connectivity index is -0.00000180. The fraction of sp³-hybridized carbons (Fsp3) is 0.938. The molecule has 0 bridgehead atoms. The monoisotopic (exact) mass is 312 g/mol. The fourth-order valence-electron chi connectivity index (χ4n) is 2.35. The van der Waals surface area contributed by atoms with Gasteiger partial charge in [-0.15, -0.1) is 0 Å². The SMILES string of the molecule is O=C(O)CCCCC(O)CCCCCCCCCCO.[H-].[Na+]. The minimum absolute atomic E-state index is 0. The van der Waals surface area contributed by atoms with Gasteiger partial charge in [0.2, 0.25) is 0 Å². The summed E-state index contributed by atoms with van der Waals surface area (Å²) >= 11 is 0. The summed E-state index contributed by atoms with van der Waals surface area (Å²) in [6, 6.07) is 0. The van der Waals surface area contributed by atoms with Crippen LogP contribution in [0.15, 0.2) is 0 Å². The maximum absolute atomic E-state index is 10.3. The van der Waals surface area contributed by atoms with Crippen LogP contribution in [0.2, 0.25) is 0 Å². The molecule has 0 radical (unpaired) electrons. The molecule has 21 heavy (non-hydrogen) atoms. The zero-order valence-electron chi connectivity index (χ0n) is 14.7. The number of carboxylic acids is 1. The smallest absolute Gasteiger partial charge is 1.00 e. The molecule has 0 fully saturated rings. The van der Waals surface area contributed by atoms with E-state index in [2.05, 4.69) is 0 Å². The Kier molecular flexibility index (Phi) is 20.8. The first-order valence-corrected chi connectivity index (χ1v) is 8.17. The maximum atomic E-state index is 10.3. The van der Waals surface area contributed by atoms with Gasteiger partial charge in [0.15, 0.2) is 0 Å². The molecular weight excluding hydrogens is 279 g/mol. The Bertz CT molecular complexity index is 230. The molecule has 0 aromatic carbocycles. The Labute approximate surface area is 153 Å². The molecule has 4 nitrogen and oxygen atoms in total. The second-order valence-electron chi connectivity index (χ2n) is 5.63. The van der Waals surface area contributed by atoms with Gasteiger partial charge in [-0.25, -0.2) is 0 Å². The van der Waals surface area contributed by atoms with Crippen molar-refractivity contribution in [2.24, 2.45) is 0 Å². The average Bonchev–Trinajstić information content (AvgIpc) is 2.41. The van der Waals surface area contributed by atoms with Crippen LogP contribution in [0.3, 0.4) is 0 Å². The minimum atomic E-state index is -0.751. The van der Waals surface area contributed by atoms with Crippen LogP contribution in [0.1, 0.15) is 84.9 Å². The van der Waals surface area contributed by atoms with Crippen LogP contribution < -0.4 is 29.6 Å². The van der Waals surface area contributed by atoms with Crippen molar-refractivity contribution in [3.8, 4) is 0 Å². The average molecular weight is 312 g/mol. The molecule has 0 aromatic heterocycles. The van der Waals surface area contributed by atoms with Crippen molar-refractivity contribution in [2.75, 3.05) is 6.61 Å². The van der Waals surface area contributed by atoms with Gasteiger partial charge in [-0.05, 0) is 25.7 Å². The summed E-state index contributed by atoms with van der Waals surface area (Å²) in [6.07, 6.45) is 12.2. The van der Waals surface area contributed by atoms with E-state index >= 15 is 0 Å². The molecule has 0 aromatic rings. The molecular formula is C16H33NaO4. The van der Waals surface area contributed by atoms with E-state index in [-0.39, 0.29) is 43.5 Å². The Morgan fingerprint density at radius 2 is 1.24 bits per heavy atom. The normalized spacial score (nSPS) is 11.9. The Hall–Kier alpha value is 0.390. The van der Waals surface area contributed by atoms with Gasteiger partial charge in [-0.1, -0.05) is 51.4 Å². The van der Waals surface area contributed by atoms with Crippen molar-refractivity contribution >= 4 is 5.97 Å². The summed E-state index contributed by atoms with van der Waals surface area (Å²) in [4.78, 5) is 10.3. The largest absolute Gasteiger partial charge is 1.00 e. The molecule has 3 N–H and O–H groups in total. The van der Waals surface area contributed by atoms with E-state index in [4.69, 9.17) is 10.2 Å². The number of aliphatic hydroxyl groups excluding tert-OH is 2. The zero-order chi connectivity index (χ0) is 15.1. The van der Waals surface area contributed by atoms with E-state index in [0.29, 0.717) is 13.0 Å². The van der Waals surface area contributed by atoms with Gasteiger partial charge in [0.05, 0.1) is 6.10 Å². The van der Waals surface area contributed by atoms with E-state index in [9.17, 15) is 9.90 Å². The maximum Gasteiger partial charge on any atom is 1.00 e. The second kappa shape index (κ2) is 18.4. The molecule has 1 atom stereocenters. The van der Waals surface area contributed by atoms with Crippen molar-refractivity contribution in [1.29, 1.82) is 0 Å². The number of hydrogen-bond acceptors (Lipinski definition) is 3. The summed E-state index contributed by atoms with van der Waals surface area (Å²) in [7, 11) is 0. The van der Waals surface area contributed by atoms with Crippen LogP contribution in [0.25, 0.3) is 0 Å². The van der Waals surface area contributed by atoms with Crippen molar-refractivity contribution in [2.45, 2.75) is 89.6 Å². The molecule has 0 aliphatic carbocycles. The standard InChI is InChI=1S/C16H32O4.Na.H/c17-14-10-6-4-2-1-3-5-7-11-15(18)12-8-9-13-16(19)20;;/h15,17-18H,1-14H2,(H,19,20);;/q;+1;-1. The summed E-state index contributed by atoms with van der Waals surface area (Å²) in [5.74, 6) is -0.751. The van der Waals surface area contributed by atoms with E-state index in [1.165, 1.54) is 32.1 Å². The van der Waals surface area contributed by atoms with E-state index in [0.717, 1.165) is 38.5 Å². The summed E-state index contributed by atoms with van der Waals surface area (Å²) in [5.41, 5.74) is 0. The van der Waals surface area contributed by atoms with Crippen LogP contribution in [0.4, 0.5) is 0 Å². The number of aliphatic hydroxyl groups is 2. The number of hydrogen-bond donors (Lipinski definition) is 3. The first kappa shape index (κ1) is 23.7. The van der Waals surface area contributed by atoms with Crippen LogP contribution in [0.5, 0.6) is 0 Å². The topological polar surface area (TPSA) is 77.8 Å². The van der Waals surface area contributed by atoms with Gasteiger partial charge in [-0.2, -0.15) is 0 Å². The van der Waals surface area contributed by atoms with E-state index in [1.54, 1.807) is 0 Å². The Morgan fingerprint density at radius 3 is 1.71 bits per heavy atom. The number of carboxylic acid groups (broad SMARTS) is 1. The molecule has 5 heteroatoms. The molecule has 0 spiro atoms. The number of carbonyl (C=O) groups is 1. The molecule has 122 valence electrons. The van der Waals surface area contributed by atoms with Crippen LogP contribution >= 0.6 is 0 Å². The molecule has 0 rings (SSSR count). The fourth-order valence-corrected chi connectivity index (χ4v) is 2.35. The van der Waals surface area contributed by atoms with Crippen molar-refractivity contribution in [3.63, 3.8) is 0 Å². The molecule has 0 saturated carbocycles. The van der Waals surface area contributed by atoms with Crippen molar-refractivity contribution in [1.82, 2.24) is 0 Å². The molecule has 0 saturated heterocycles. The summed E-state index contributed by atoms with van der Waals surface area (Å²) < 4.78 is 0. The third-order valence-corrected chi connectivity index (χ3v) is 3.62. The van der Waals surface area contributed by atoms with Gasteiger partial charge >= 0.3 is 35.5 Å². The van der Waals surface area contributed by atoms with Gasteiger partial charge in [0.25, 0.3) is 0 Å². The van der Waals surface area contributed by atoms with Crippen LogP contribution in [-0.2, 0) is 4.79 Å². The van der Waals surface area contributed by atoms with Crippen molar-refractivity contribution < 1.29 is 51.1 Å². The number of unbranched alkanes of at least 4 members (excludes halogenated alkanes) is 8. The number of aliphatic carboxylic acids is 1. The zero-order valence-corrected chi connectivity index (χ0v) is 15.7. The van der Waals surface area contributed by atoms with Gasteiger partial charge in [0, 0.05) is 13.0 Å². The van der Waals surface area contributed by atoms with Gasteiger partial charge in [-0.3, -0.25) is 4.79 Å². The van der Waals surface area contributed by atoms with Crippen LogP contribution in [-0.4, -0.2) is 34.0 Å². The molecule has 0 aliphatic rings. The number of rotatable bonds is 15. The first-order valence-electron chi connectivity index (χ1n) is 8.17. The third-order valence-electron chi connectivity index (χ3n) is 3.62. The molecule has 0 aliphatic heterocycles.